The number of hydrogen-bond donors (Lipinski definition) is 1. The molecule has 0 aliphatic carbocycles. The van der Waals surface area contributed by atoms with Crippen molar-refractivity contribution in [3.63, 3.8) is 0 Å². The van der Waals surface area contributed by atoms with Crippen LogP contribution in [0, 0.1) is 20.8 Å². The van der Waals surface area contributed by atoms with E-state index in [9.17, 15) is 9.59 Å². The second kappa shape index (κ2) is 8.94. The van der Waals surface area contributed by atoms with Crippen LogP contribution in [-0.4, -0.2) is 54.7 Å². The van der Waals surface area contributed by atoms with Gasteiger partial charge in [-0.05, 0) is 51.0 Å². The van der Waals surface area contributed by atoms with Gasteiger partial charge in [-0.1, -0.05) is 17.7 Å². The molecule has 0 bridgehead atoms. The average Bonchev–Trinajstić information content (AvgIpc) is 2.71. The van der Waals surface area contributed by atoms with E-state index in [1.165, 1.54) is 5.56 Å². The standard InChI is InChI=1S/C22H28N4O3/c1-5-29-22(28)26-10-8-25(9-11-26)19-7-6-18(14-23-19)21(27)24-20-16(3)12-15(2)13-17(20)4/h6-7,12-14H,5,8-11H2,1-4H3,(H,24,27). The van der Waals surface area contributed by atoms with Crippen molar-refractivity contribution in [2.45, 2.75) is 27.7 Å². The van der Waals surface area contributed by atoms with E-state index in [2.05, 4.69) is 27.3 Å². The number of benzene rings is 1. The van der Waals surface area contributed by atoms with Gasteiger partial charge in [0.25, 0.3) is 5.91 Å². The first-order valence-corrected chi connectivity index (χ1v) is 9.91. The Labute approximate surface area is 171 Å². The van der Waals surface area contributed by atoms with Crippen LogP contribution in [-0.2, 0) is 4.74 Å². The second-order valence-electron chi connectivity index (χ2n) is 7.31. The molecule has 2 amide bonds. The molecule has 0 saturated carbocycles. The van der Waals surface area contributed by atoms with Crippen molar-refractivity contribution in [3.05, 3.63) is 52.7 Å². The Bertz CT molecular complexity index is 864. The zero-order valence-electron chi connectivity index (χ0n) is 17.5. The van der Waals surface area contributed by atoms with Gasteiger partial charge < -0.3 is 19.9 Å². The highest BCUT2D eigenvalue weighted by molar-refractivity contribution is 6.05. The topological polar surface area (TPSA) is 74.8 Å². The molecule has 1 aliphatic rings. The van der Waals surface area contributed by atoms with Crippen molar-refractivity contribution in [3.8, 4) is 0 Å². The number of piperazine rings is 1. The molecular weight excluding hydrogens is 368 g/mol. The monoisotopic (exact) mass is 396 g/mol. The van der Waals surface area contributed by atoms with Gasteiger partial charge in [-0.2, -0.15) is 0 Å². The number of rotatable bonds is 4. The number of aromatic nitrogens is 1. The van der Waals surface area contributed by atoms with Crippen molar-refractivity contribution in [1.82, 2.24) is 9.88 Å². The van der Waals surface area contributed by atoms with Crippen LogP contribution in [0.1, 0.15) is 34.0 Å². The molecule has 0 unspecified atom stereocenters. The maximum atomic E-state index is 12.6. The Morgan fingerprint density at radius 1 is 1.07 bits per heavy atom. The Morgan fingerprint density at radius 3 is 2.28 bits per heavy atom. The number of carbonyl (C=O) groups excluding carboxylic acids is 2. The van der Waals surface area contributed by atoms with Gasteiger partial charge in [0, 0.05) is 38.1 Å². The van der Waals surface area contributed by atoms with Crippen LogP contribution < -0.4 is 10.2 Å². The van der Waals surface area contributed by atoms with E-state index in [4.69, 9.17) is 4.74 Å². The molecule has 29 heavy (non-hydrogen) atoms. The number of anilines is 2. The normalized spacial score (nSPS) is 13.9. The van der Waals surface area contributed by atoms with E-state index in [1.54, 1.807) is 24.1 Å². The summed E-state index contributed by atoms with van der Waals surface area (Å²) in [5, 5.41) is 3.00. The molecule has 7 nitrogen and oxygen atoms in total. The molecule has 2 heterocycles. The smallest absolute Gasteiger partial charge is 0.409 e. The van der Waals surface area contributed by atoms with E-state index in [0.29, 0.717) is 38.3 Å². The lowest BCUT2D eigenvalue weighted by Gasteiger charge is -2.34. The molecule has 1 aliphatic heterocycles. The van der Waals surface area contributed by atoms with E-state index in [1.807, 2.05) is 26.8 Å². The molecule has 3 rings (SSSR count). The summed E-state index contributed by atoms with van der Waals surface area (Å²) < 4.78 is 5.04. The Morgan fingerprint density at radius 2 is 1.72 bits per heavy atom. The van der Waals surface area contributed by atoms with Gasteiger partial charge >= 0.3 is 6.09 Å². The molecule has 7 heteroatoms. The third-order valence-electron chi connectivity index (χ3n) is 5.06. The fourth-order valence-electron chi connectivity index (χ4n) is 3.60. The molecule has 1 N–H and O–H groups in total. The summed E-state index contributed by atoms with van der Waals surface area (Å²) in [6.07, 6.45) is 1.33. The van der Waals surface area contributed by atoms with Crippen molar-refractivity contribution in [2.75, 3.05) is 43.0 Å². The molecule has 2 aromatic rings. The van der Waals surface area contributed by atoms with Gasteiger partial charge in [0.15, 0.2) is 0 Å². The molecule has 154 valence electrons. The lowest BCUT2D eigenvalue weighted by atomic mass is 10.0. The number of nitrogens with one attached hydrogen (secondary N) is 1. The number of amides is 2. The van der Waals surface area contributed by atoms with Gasteiger partial charge in [0.1, 0.15) is 5.82 Å². The molecule has 1 saturated heterocycles. The van der Waals surface area contributed by atoms with Gasteiger partial charge in [-0.25, -0.2) is 9.78 Å². The second-order valence-corrected chi connectivity index (χ2v) is 7.31. The summed E-state index contributed by atoms with van der Waals surface area (Å²) in [5.74, 6) is 0.624. The Hall–Kier alpha value is -3.09. The minimum Gasteiger partial charge on any atom is -0.450 e. The Balaban J connectivity index is 1.62. The zero-order valence-corrected chi connectivity index (χ0v) is 17.5. The fourth-order valence-corrected chi connectivity index (χ4v) is 3.60. The SMILES string of the molecule is CCOC(=O)N1CCN(c2ccc(C(=O)Nc3c(C)cc(C)cc3C)cn2)CC1. The molecule has 0 atom stereocenters. The van der Waals surface area contributed by atoms with Crippen LogP contribution in [0.5, 0.6) is 0 Å². The predicted octanol–water partition coefficient (Wildman–Crippen LogP) is 3.54. The zero-order chi connectivity index (χ0) is 21.0. The van der Waals surface area contributed by atoms with Crippen LogP contribution in [0.4, 0.5) is 16.3 Å². The van der Waals surface area contributed by atoms with Crippen LogP contribution in [0.15, 0.2) is 30.5 Å². The van der Waals surface area contributed by atoms with Gasteiger partial charge in [0.05, 0.1) is 12.2 Å². The largest absolute Gasteiger partial charge is 0.450 e. The first kappa shape index (κ1) is 20.6. The average molecular weight is 396 g/mol. The predicted molar refractivity (Wildman–Crippen MR) is 114 cm³/mol. The molecule has 1 fully saturated rings. The number of hydrogen-bond acceptors (Lipinski definition) is 5. The molecule has 1 aromatic carbocycles. The first-order valence-electron chi connectivity index (χ1n) is 9.91. The van der Waals surface area contributed by atoms with Gasteiger partial charge in [0.2, 0.25) is 0 Å². The Kier molecular flexibility index (Phi) is 6.36. The highest BCUT2D eigenvalue weighted by Gasteiger charge is 2.22. The third kappa shape index (κ3) is 4.85. The maximum absolute atomic E-state index is 12.6. The third-order valence-corrected chi connectivity index (χ3v) is 5.06. The summed E-state index contributed by atoms with van der Waals surface area (Å²) in [6, 6.07) is 7.75. The quantitative estimate of drug-likeness (QED) is 0.856. The van der Waals surface area contributed by atoms with Gasteiger partial charge in [-0.3, -0.25) is 4.79 Å². The lowest BCUT2D eigenvalue weighted by Crippen LogP contribution is -2.49. The van der Waals surface area contributed by atoms with E-state index < -0.39 is 0 Å². The molecule has 1 aromatic heterocycles. The van der Waals surface area contributed by atoms with Crippen molar-refractivity contribution in [1.29, 1.82) is 0 Å². The molecule has 0 spiro atoms. The van der Waals surface area contributed by atoms with E-state index in [-0.39, 0.29) is 12.0 Å². The summed E-state index contributed by atoms with van der Waals surface area (Å²) in [7, 11) is 0. The first-order chi connectivity index (χ1) is 13.9. The summed E-state index contributed by atoms with van der Waals surface area (Å²) in [5.41, 5.74) is 4.62. The summed E-state index contributed by atoms with van der Waals surface area (Å²) >= 11 is 0. The van der Waals surface area contributed by atoms with Crippen molar-refractivity contribution in [2.24, 2.45) is 0 Å². The van der Waals surface area contributed by atoms with Crippen molar-refractivity contribution >= 4 is 23.5 Å². The van der Waals surface area contributed by atoms with E-state index >= 15 is 0 Å². The van der Waals surface area contributed by atoms with Crippen molar-refractivity contribution < 1.29 is 14.3 Å². The highest BCUT2D eigenvalue weighted by Crippen LogP contribution is 2.23. The minimum atomic E-state index is -0.270. The highest BCUT2D eigenvalue weighted by atomic mass is 16.6. The van der Waals surface area contributed by atoms with Crippen LogP contribution in [0.25, 0.3) is 0 Å². The minimum absolute atomic E-state index is 0.175. The van der Waals surface area contributed by atoms with Crippen LogP contribution in [0.3, 0.4) is 0 Å². The summed E-state index contributed by atoms with van der Waals surface area (Å²) in [4.78, 5) is 32.7. The fraction of sp³-hybridized carbons (Fsp3) is 0.409. The number of pyridine rings is 1. The van der Waals surface area contributed by atoms with Crippen LogP contribution >= 0.6 is 0 Å². The van der Waals surface area contributed by atoms with Crippen LogP contribution in [0.2, 0.25) is 0 Å². The van der Waals surface area contributed by atoms with Gasteiger partial charge in [-0.15, -0.1) is 0 Å². The lowest BCUT2D eigenvalue weighted by molar-refractivity contribution is 0.102. The maximum Gasteiger partial charge on any atom is 0.409 e. The van der Waals surface area contributed by atoms with E-state index in [0.717, 1.165) is 22.6 Å². The number of nitrogens with zero attached hydrogens (tertiary/aromatic N) is 3. The number of aryl methyl sites for hydroxylation is 3. The summed E-state index contributed by atoms with van der Waals surface area (Å²) in [6.45, 7) is 10.8. The number of carbonyl (C=O) groups is 2. The molecular formula is C22H28N4O3. The number of ether oxygens (including phenoxy) is 1. The molecule has 0 radical (unpaired) electrons.